The Balaban J connectivity index is 2.22. The fourth-order valence-corrected chi connectivity index (χ4v) is 3.32. The Morgan fingerprint density at radius 1 is 1.48 bits per heavy atom. The molecule has 2 rings (SSSR count). The van der Waals surface area contributed by atoms with Gasteiger partial charge in [0.1, 0.15) is 5.82 Å². The zero-order valence-corrected chi connectivity index (χ0v) is 13.8. The maximum Gasteiger partial charge on any atom is 0.126 e. The van der Waals surface area contributed by atoms with Crippen molar-refractivity contribution < 1.29 is 13.9 Å². The third-order valence-corrected chi connectivity index (χ3v) is 4.53. The van der Waals surface area contributed by atoms with Crippen molar-refractivity contribution in [1.29, 1.82) is 0 Å². The van der Waals surface area contributed by atoms with Gasteiger partial charge in [0.2, 0.25) is 0 Å². The van der Waals surface area contributed by atoms with E-state index in [0.717, 1.165) is 17.3 Å². The number of halogens is 2. The van der Waals surface area contributed by atoms with Gasteiger partial charge in [-0.05, 0) is 37.1 Å². The summed E-state index contributed by atoms with van der Waals surface area (Å²) in [6.07, 6.45) is 1.98. The normalized spacial score (nSPS) is 19.4. The van der Waals surface area contributed by atoms with Crippen molar-refractivity contribution >= 4 is 15.9 Å². The first-order valence-corrected chi connectivity index (χ1v) is 8.02. The van der Waals surface area contributed by atoms with Crippen LogP contribution in [0.1, 0.15) is 25.3 Å². The number of hydrazine groups is 1. The van der Waals surface area contributed by atoms with Crippen LogP contribution in [0.25, 0.3) is 0 Å². The minimum Gasteiger partial charge on any atom is -0.381 e. The van der Waals surface area contributed by atoms with Crippen LogP contribution in [-0.4, -0.2) is 31.5 Å². The highest BCUT2D eigenvalue weighted by Crippen LogP contribution is 2.31. The molecule has 1 aromatic rings. The first-order chi connectivity index (χ1) is 10.1. The highest BCUT2D eigenvalue weighted by Gasteiger charge is 2.41. The van der Waals surface area contributed by atoms with Crippen molar-refractivity contribution in [1.82, 2.24) is 5.43 Å². The summed E-state index contributed by atoms with van der Waals surface area (Å²) in [6, 6.07) is 4.78. The van der Waals surface area contributed by atoms with Gasteiger partial charge < -0.3 is 9.47 Å². The molecule has 21 heavy (non-hydrogen) atoms. The molecule has 1 aromatic carbocycles. The monoisotopic (exact) mass is 360 g/mol. The van der Waals surface area contributed by atoms with E-state index in [1.165, 1.54) is 6.07 Å². The second-order valence-corrected chi connectivity index (χ2v) is 6.18. The van der Waals surface area contributed by atoms with E-state index in [-0.39, 0.29) is 11.9 Å². The van der Waals surface area contributed by atoms with Crippen LogP contribution in [0.5, 0.6) is 0 Å². The Hall–Kier alpha value is -0.530. The maximum atomic E-state index is 14.0. The van der Waals surface area contributed by atoms with E-state index in [9.17, 15) is 4.39 Å². The molecule has 0 amide bonds. The number of rotatable bonds is 6. The molecular weight excluding hydrogens is 339 g/mol. The molecule has 0 saturated carbocycles. The van der Waals surface area contributed by atoms with Crippen LogP contribution < -0.4 is 11.3 Å². The third kappa shape index (κ3) is 4.02. The highest BCUT2D eigenvalue weighted by molar-refractivity contribution is 9.10. The predicted octanol–water partition coefficient (Wildman–Crippen LogP) is 2.55. The second-order valence-electron chi connectivity index (χ2n) is 5.27. The predicted molar refractivity (Wildman–Crippen MR) is 83.3 cm³/mol. The molecule has 0 radical (unpaired) electrons. The van der Waals surface area contributed by atoms with Gasteiger partial charge in [0.05, 0.1) is 11.6 Å². The summed E-state index contributed by atoms with van der Waals surface area (Å²) in [5.74, 6) is 5.53. The van der Waals surface area contributed by atoms with E-state index < -0.39 is 5.60 Å². The lowest BCUT2D eigenvalue weighted by atomic mass is 9.83. The summed E-state index contributed by atoms with van der Waals surface area (Å²) < 4.78 is 26.3. The SMILES string of the molecule is CCOC1(C(Cc2cc(Br)ccc2F)NN)CCOCC1. The number of benzene rings is 1. The van der Waals surface area contributed by atoms with Crippen molar-refractivity contribution in [3.63, 3.8) is 0 Å². The van der Waals surface area contributed by atoms with Crippen LogP contribution in [0.15, 0.2) is 22.7 Å². The molecule has 118 valence electrons. The molecule has 0 aliphatic carbocycles. The van der Waals surface area contributed by atoms with Gasteiger partial charge in [-0.1, -0.05) is 15.9 Å². The third-order valence-electron chi connectivity index (χ3n) is 4.04. The molecule has 4 nitrogen and oxygen atoms in total. The molecule has 1 unspecified atom stereocenters. The van der Waals surface area contributed by atoms with Crippen molar-refractivity contribution in [2.75, 3.05) is 19.8 Å². The molecule has 0 spiro atoms. The Morgan fingerprint density at radius 2 is 2.19 bits per heavy atom. The zero-order valence-electron chi connectivity index (χ0n) is 12.2. The van der Waals surface area contributed by atoms with E-state index in [0.29, 0.717) is 31.8 Å². The van der Waals surface area contributed by atoms with Gasteiger partial charge in [0.15, 0.2) is 0 Å². The lowest BCUT2D eigenvalue weighted by Crippen LogP contribution is -2.58. The van der Waals surface area contributed by atoms with Gasteiger partial charge in [-0.3, -0.25) is 11.3 Å². The van der Waals surface area contributed by atoms with Crippen LogP contribution in [0.3, 0.4) is 0 Å². The summed E-state index contributed by atoms with van der Waals surface area (Å²) in [4.78, 5) is 0. The van der Waals surface area contributed by atoms with Crippen molar-refractivity contribution in [3.05, 3.63) is 34.1 Å². The van der Waals surface area contributed by atoms with E-state index in [1.807, 2.05) is 6.92 Å². The molecule has 1 heterocycles. The fraction of sp³-hybridized carbons (Fsp3) is 0.600. The van der Waals surface area contributed by atoms with Crippen LogP contribution in [-0.2, 0) is 15.9 Å². The van der Waals surface area contributed by atoms with E-state index >= 15 is 0 Å². The molecule has 3 N–H and O–H groups in total. The standard InChI is InChI=1S/C15H22BrFN2O2/c1-2-21-15(5-7-20-8-6-15)14(19-18)10-11-9-12(16)3-4-13(11)17/h3-4,9,14,19H,2,5-8,10,18H2,1H3. The topological polar surface area (TPSA) is 56.5 Å². The summed E-state index contributed by atoms with van der Waals surface area (Å²) in [6.45, 7) is 3.84. The highest BCUT2D eigenvalue weighted by atomic mass is 79.9. The molecule has 6 heteroatoms. The maximum absolute atomic E-state index is 14.0. The van der Waals surface area contributed by atoms with Crippen LogP contribution >= 0.6 is 15.9 Å². The van der Waals surface area contributed by atoms with Crippen molar-refractivity contribution in [3.8, 4) is 0 Å². The lowest BCUT2D eigenvalue weighted by Gasteiger charge is -2.43. The molecule has 1 aliphatic rings. The Morgan fingerprint density at radius 3 is 2.81 bits per heavy atom. The van der Waals surface area contributed by atoms with Crippen LogP contribution in [0, 0.1) is 5.82 Å². The van der Waals surface area contributed by atoms with Crippen molar-refractivity contribution in [2.45, 2.75) is 37.8 Å². The first kappa shape index (κ1) is 16.8. The summed E-state index contributed by atoms with van der Waals surface area (Å²) in [5, 5.41) is 0. The molecule has 0 aromatic heterocycles. The molecule has 1 saturated heterocycles. The number of ether oxygens (including phenoxy) is 2. The van der Waals surface area contributed by atoms with E-state index in [2.05, 4.69) is 21.4 Å². The van der Waals surface area contributed by atoms with E-state index in [4.69, 9.17) is 15.3 Å². The molecule has 1 fully saturated rings. The second kappa shape index (κ2) is 7.65. The first-order valence-electron chi connectivity index (χ1n) is 7.23. The number of nitrogens with two attached hydrogens (primary N) is 1. The number of hydrogen-bond donors (Lipinski definition) is 2. The van der Waals surface area contributed by atoms with Crippen LogP contribution in [0.2, 0.25) is 0 Å². The van der Waals surface area contributed by atoms with Crippen LogP contribution in [0.4, 0.5) is 4.39 Å². The molecule has 1 aliphatic heterocycles. The average Bonchev–Trinajstić information content (AvgIpc) is 2.49. The largest absolute Gasteiger partial charge is 0.381 e. The van der Waals surface area contributed by atoms with Gasteiger partial charge in [-0.2, -0.15) is 0 Å². The summed E-state index contributed by atoms with van der Waals surface area (Å²) >= 11 is 3.38. The lowest BCUT2D eigenvalue weighted by molar-refractivity contribution is -0.126. The van der Waals surface area contributed by atoms with Gasteiger partial charge in [-0.25, -0.2) is 4.39 Å². The minimum atomic E-state index is -0.406. The molecule has 1 atom stereocenters. The summed E-state index contributed by atoms with van der Waals surface area (Å²) in [5.41, 5.74) is 3.05. The van der Waals surface area contributed by atoms with Gasteiger partial charge in [0.25, 0.3) is 0 Å². The van der Waals surface area contributed by atoms with Gasteiger partial charge in [-0.15, -0.1) is 0 Å². The Labute approximate surface area is 133 Å². The Bertz CT molecular complexity index is 461. The number of nitrogens with one attached hydrogen (secondary N) is 1. The Kier molecular flexibility index (Phi) is 6.13. The van der Waals surface area contributed by atoms with Gasteiger partial charge >= 0.3 is 0 Å². The smallest absolute Gasteiger partial charge is 0.126 e. The van der Waals surface area contributed by atoms with Gasteiger partial charge in [0, 0.05) is 37.1 Å². The van der Waals surface area contributed by atoms with E-state index in [1.54, 1.807) is 12.1 Å². The molecule has 0 bridgehead atoms. The quantitative estimate of drug-likeness (QED) is 0.604. The molecular formula is C15H22BrFN2O2. The average molecular weight is 361 g/mol. The minimum absolute atomic E-state index is 0.162. The zero-order chi connectivity index (χ0) is 15.3. The summed E-state index contributed by atoms with van der Waals surface area (Å²) in [7, 11) is 0. The fourth-order valence-electron chi connectivity index (χ4n) is 2.91. The van der Waals surface area contributed by atoms with Crippen molar-refractivity contribution in [2.24, 2.45) is 5.84 Å². The number of hydrogen-bond acceptors (Lipinski definition) is 4.